The third-order valence-electron chi connectivity index (χ3n) is 2.95. The highest BCUT2D eigenvalue weighted by Crippen LogP contribution is 2.38. The van der Waals surface area contributed by atoms with Gasteiger partial charge in [-0.15, -0.1) is 0 Å². The predicted octanol–water partition coefficient (Wildman–Crippen LogP) is 2.97. The second kappa shape index (κ2) is 3.22. The van der Waals surface area contributed by atoms with Crippen LogP contribution in [0.2, 0.25) is 0 Å². The van der Waals surface area contributed by atoms with E-state index in [1.165, 1.54) is 25.7 Å². The van der Waals surface area contributed by atoms with E-state index in [1.54, 1.807) is 6.20 Å². The molecule has 1 saturated carbocycles. The Morgan fingerprint density at radius 3 is 2.77 bits per heavy atom. The third kappa shape index (κ3) is 1.66. The Hall–Kier alpha value is -0.700. The molecule has 0 spiro atoms. The zero-order valence-electron chi connectivity index (χ0n) is 7.84. The van der Waals surface area contributed by atoms with Crippen LogP contribution in [0.5, 0.6) is 0 Å². The molecule has 0 saturated heterocycles. The molecule has 0 aromatic carbocycles. The van der Waals surface area contributed by atoms with Gasteiger partial charge in [0.15, 0.2) is 0 Å². The van der Waals surface area contributed by atoms with E-state index in [0.29, 0.717) is 0 Å². The molecule has 3 heteroatoms. The highest BCUT2D eigenvalue weighted by Gasteiger charge is 2.32. The largest absolute Gasteiger partial charge is 0.334 e. The number of hydrogen-bond donors (Lipinski definition) is 1. The lowest BCUT2D eigenvalue weighted by molar-refractivity contribution is 0.458. The maximum absolute atomic E-state index is 5.09. The van der Waals surface area contributed by atoms with Gasteiger partial charge in [0.25, 0.3) is 0 Å². The van der Waals surface area contributed by atoms with E-state index >= 15 is 0 Å². The quantitative estimate of drug-likeness (QED) is 0.696. The summed E-state index contributed by atoms with van der Waals surface area (Å²) in [6, 6.07) is 1.83. The molecule has 0 bridgehead atoms. The van der Waals surface area contributed by atoms with Gasteiger partial charge in [-0.05, 0) is 18.9 Å². The molecule has 13 heavy (non-hydrogen) atoms. The average Bonchev–Trinajstić information content (AvgIpc) is 2.54. The molecule has 1 aliphatic carbocycles. The molecule has 0 atom stereocenters. The predicted molar refractivity (Wildman–Crippen MR) is 55.2 cm³/mol. The third-order valence-corrected chi connectivity index (χ3v) is 3.19. The van der Waals surface area contributed by atoms with E-state index in [1.807, 2.05) is 6.07 Å². The second-order valence-electron chi connectivity index (χ2n) is 4.05. The fourth-order valence-corrected chi connectivity index (χ4v) is 2.23. The molecule has 0 amide bonds. The molecule has 2 nitrogen and oxygen atoms in total. The summed E-state index contributed by atoms with van der Waals surface area (Å²) in [6.45, 7) is 2.27. The van der Waals surface area contributed by atoms with Crippen LogP contribution in [-0.4, -0.2) is 9.97 Å². The summed E-state index contributed by atoms with van der Waals surface area (Å²) in [7, 11) is 0. The topological polar surface area (TPSA) is 28.7 Å². The van der Waals surface area contributed by atoms with E-state index in [2.05, 4.69) is 16.9 Å². The molecule has 0 radical (unpaired) electrons. The van der Waals surface area contributed by atoms with E-state index < -0.39 is 0 Å². The maximum atomic E-state index is 5.09. The first kappa shape index (κ1) is 8.88. The highest BCUT2D eigenvalue weighted by atomic mass is 32.1. The standard InChI is InChI=1S/C10H14N2S/c1-10(5-2-3-6-10)9-11-7-4-8(13)12-9/h4,7H,2-3,5-6H2,1H3,(H,11,12,13). The first-order valence-corrected chi connectivity index (χ1v) is 5.17. The summed E-state index contributed by atoms with van der Waals surface area (Å²) >= 11 is 5.09. The lowest BCUT2D eigenvalue weighted by Gasteiger charge is -2.21. The second-order valence-corrected chi connectivity index (χ2v) is 4.49. The van der Waals surface area contributed by atoms with Gasteiger partial charge in [-0.1, -0.05) is 32.0 Å². The van der Waals surface area contributed by atoms with Gasteiger partial charge >= 0.3 is 0 Å². The van der Waals surface area contributed by atoms with Crippen LogP contribution in [0.1, 0.15) is 38.4 Å². The maximum Gasteiger partial charge on any atom is 0.112 e. The van der Waals surface area contributed by atoms with Gasteiger partial charge in [-0.25, -0.2) is 4.98 Å². The molecular weight excluding hydrogens is 180 g/mol. The number of hydrogen-bond acceptors (Lipinski definition) is 2. The molecule has 1 aromatic rings. The van der Waals surface area contributed by atoms with Crippen molar-refractivity contribution in [3.05, 3.63) is 22.7 Å². The van der Waals surface area contributed by atoms with Crippen molar-refractivity contribution < 1.29 is 0 Å². The van der Waals surface area contributed by atoms with Crippen LogP contribution in [0.15, 0.2) is 12.3 Å². The Bertz CT molecular complexity index is 350. The van der Waals surface area contributed by atoms with Crippen LogP contribution in [0.25, 0.3) is 0 Å². The van der Waals surface area contributed by atoms with Crippen molar-refractivity contribution in [2.24, 2.45) is 0 Å². The van der Waals surface area contributed by atoms with E-state index in [4.69, 9.17) is 12.2 Å². The van der Waals surface area contributed by atoms with Crippen LogP contribution >= 0.6 is 12.2 Å². The fraction of sp³-hybridized carbons (Fsp3) is 0.600. The summed E-state index contributed by atoms with van der Waals surface area (Å²) < 4.78 is 0.790. The number of rotatable bonds is 1. The number of aromatic amines is 1. The molecule has 2 rings (SSSR count). The summed E-state index contributed by atoms with van der Waals surface area (Å²) in [4.78, 5) is 7.56. The molecule has 1 heterocycles. The van der Waals surface area contributed by atoms with Gasteiger partial charge in [0.2, 0.25) is 0 Å². The molecule has 1 aromatic heterocycles. The highest BCUT2D eigenvalue weighted by molar-refractivity contribution is 7.71. The van der Waals surface area contributed by atoms with Gasteiger partial charge < -0.3 is 4.98 Å². The van der Waals surface area contributed by atoms with Crippen molar-refractivity contribution in [3.8, 4) is 0 Å². The Morgan fingerprint density at radius 1 is 1.46 bits per heavy atom. The Balaban J connectivity index is 2.39. The van der Waals surface area contributed by atoms with Crippen molar-refractivity contribution in [1.82, 2.24) is 9.97 Å². The van der Waals surface area contributed by atoms with Gasteiger partial charge in [0.1, 0.15) is 10.5 Å². The van der Waals surface area contributed by atoms with Crippen molar-refractivity contribution in [1.29, 1.82) is 0 Å². The lowest BCUT2D eigenvalue weighted by atomic mass is 9.88. The summed E-state index contributed by atoms with van der Waals surface area (Å²) in [6.07, 6.45) is 6.89. The van der Waals surface area contributed by atoms with E-state index in [0.717, 1.165) is 10.5 Å². The average molecular weight is 194 g/mol. The smallest absolute Gasteiger partial charge is 0.112 e. The summed E-state index contributed by atoms with van der Waals surface area (Å²) in [5.74, 6) is 1.07. The molecule has 1 fully saturated rings. The number of nitrogens with one attached hydrogen (secondary N) is 1. The number of nitrogens with zero attached hydrogens (tertiary/aromatic N) is 1. The lowest BCUT2D eigenvalue weighted by Crippen LogP contribution is -2.20. The van der Waals surface area contributed by atoms with Gasteiger partial charge in [0, 0.05) is 11.6 Å². The van der Waals surface area contributed by atoms with Gasteiger partial charge in [-0.2, -0.15) is 0 Å². The zero-order chi connectivity index (χ0) is 9.31. The van der Waals surface area contributed by atoms with E-state index in [-0.39, 0.29) is 5.41 Å². The molecule has 0 unspecified atom stereocenters. The van der Waals surface area contributed by atoms with Crippen LogP contribution in [0.4, 0.5) is 0 Å². The monoisotopic (exact) mass is 194 g/mol. The van der Waals surface area contributed by atoms with Crippen LogP contribution < -0.4 is 0 Å². The molecule has 0 aliphatic heterocycles. The van der Waals surface area contributed by atoms with Crippen molar-refractivity contribution in [2.45, 2.75) is 38.0 Å². The fourth-order valence-electron chi connectivity index (χ4n) is 2.07. The van der Waals surface area contributed by atoms with Gasteiger partial charge in [0.05, 0.1) is 0 Å². The van der Waals surface area contributed by atoms with Crippen LogP contribution in [0.3, 0.4) is 0 Å². The SMILES string of the molecule is CC1(c2nccc(=S)[nH]2)CCCC1. The van der Waals surface area contributed by atoms with E-state index in [9.17, 15) is 0 Å². The van der Waals surface area contributed by atoms with Crippen molar-refractivity contribution >= 4 is 12.2 Å². The normalized spacial score (nSPS) is 20.4. The minimum absolute atomic E-state index is 0.245. The number of H-pyrrole nitrogens is 1. The minimum atomic E-state index is 0.245. The molecular formula is C10H14N2S. The van der Waals surface area contributed by atoms with Crippen LogP contribution in [0, 0.1) is 4.64 Å². The molecule has 1 N–H and O–H groups in total. The molecule has 1 aliphatic rings. The van der Waals surface area contributed by atoms with Crippen LogP contribution in [-0.2, 0) is 5.41 Å². The molecule has 70 valence electrons. The first-order chi connectivity index (χ1) is 6.21. The Morgan fingerprint density at radius 2 is 2.15 bits per heavy atom. The summed E-state index contributed by atoms with van der Waals surface area (Å²) in [5, 5.41) is 0. The minimum Gasteiger partial charge on any atom is -0.334 e. The zero-order valence-corrected chi connectivity index (χ0v) is 8.66. The van der Waals surface area contributed by atoms with Gasteiger partial charge in [-0.3, -0.25) is 0 Å². The first-order valence-electron chi connectivity index (χ1n) is 4.77. The van der Waals surface area contributed by atoms with Crippen molar-refractivity contribution in [3.63, 3.8) is 0 Å². The number of aromatic nitrogens is 2. The summed E-state index contributed by atoms with van der Waals surface area (Å²) in [5.41, 5.74) is 0.245. The van der Waals surface area contributed by atoms with Crippen molar-refractivity contribution in [2.75, 3.05) is 0 Å². The Kier molecular flexibility index (Phi) is 2.20. The Labute approximate surface area is 83.4 Å².